The van der Waals surface area contributed by atoms with Crippen LogP contribution in [0.25, 0.3) is 10.9 Å². The fraction of sp³-hybridized carbons (Fsp3) is 0.0870. The number of hydrogen-bond acceptors (Lipinski definition) is 2. The Morgan fingerprint density at radius 1 is 1.00 bits per heavy atom. The van der Waals surface area contributed by atoms with E-state index in [4.69, 9.17) is 16.3 Å². The Bertz CT molecular complexity index is 1140. The summed E-state index contributed by atoms with van der Waals surface area (Å²) in [6, 6.07) is 22.8. The maximum Gasteiger partial charge on any atom is 0.251 e. The lowest BCUT2D eigenvalue weighted by Crippen LogP contribution is -2.22. The van der Waals surface area contributed by atoms with Crippen LogP contribution in [0.4, 0.5) is 0 Å². The van der Waals surface area contributed by atoms with Gasteiger partial charge in [0.05, 0.1) is 6.54 Å². The van der Waals surface area contributed by atoms with Crippen molar-refractivity contribution in [2.75, 3.05) is 0 Å². The van der Waals surface area contributed by atoms with Gasteiger partial charge >= 0.3 is 0 Å². The van der Waals surface area contributed by atoms with Crippen LogP contribution in [0.15, 0.2) is 77.3 Å². The molecule has 0 aliphatic rings. The van der Waals surface area contributed by atoms with Gasteiger partial charge in [-0.1, -0.05) is 39.7 Å². The summed E-state index contributed by atoms with van der Waals surface area (Å²) < 4.78 is 6.77. The Labute approximate surface area is 182 Å². The third kappa shape index (κ3) is 5.00. The second kappa shape index (κ2) is 8.72. The molecule has 0 fully saturated rings. The number of H-pyrrole nitrogens is 1. The van der Waals surface area contributed by atoms with E-state index >= 15 is 0 Å². The molecule has 1 amide bonds. The van der Waals surface area contributed by atoms with Gasteiger partial charge in [0, 0.05) is 31.7 Å². The van der Waals surface area contributed by atoms with Crippen LogP contribution in [-0.2, 0) is 13.2 Å². The zero-order valence-electron chi connectivity index (χ0n) is 15.4. The number of aromatic amines is 1. The second-order valence-corrected chi connectivity index (χ2v) is 8.00. The number of aromatic nitrogens is 1. The minimum atomic E-state index is -0.123. The summed E-state index contributed by atoms with van der Waals surface area (Å²) in [6.07, 6.45) is 0. The maximum atomic E-state index is 12.4. The minimum absolute atomic E-state index is 0.123. The molecule has 0 saturated carbocycles. The molecule has 0 unspecified atom stereocenters. The molecule has 0 spiro atoms. The number of nitrogens with one attached hydrogen (secondary N) is 2. The van der Waals surface area contributed by atoms with Crippen LogP contribution < -0.4 is 10.1 Å². The van der Waals surface area contributed by atoms with Gasteiger partial charge in [-0.2, -0.15) is 0 Å². The number of rotatable bonds is 6. The van der Waals surface area contributed by atoms with E-state index < -0.39 is 0 Å². The predicted octanol–water partition coefficient (Wildman–Crippen LogP) is 6.09. The Kier molecular flexibility index (Phi) is 5.88. The molecule has 146 valence electrons. The van der Waals surface area contributed by atoms with E-state index in [1.807, 2.05) is 60.7 Å². The van der Waals surface area contributed by atoms with Crippen molar-refractivity contribution in [2.45, 2.75) is 13.2 Å². The molecule has 0 aliphatic carbocycles. The van der Waals surface area contributed by atoms with E-state index in [9.17, 15) is 4.79 Å². The highest BCUT2D eigenvalue weighted by atomic mass is 79.9. The molecule has 2 N–H and O–H groups in total. The summed E-state index contributed by atoms with van der Waals surface area (Å²) in [5.41, 5.74) is 3.53. The standard InChI is InChI=1S/C23H18BrClN2O2/c24-18-5-8-21(9-6-18)29-14-15-1-3-16(4-2-15)23(28)26-13-20-12-17-11-19(25)7-10-22(17)27-20/h1-12,27H,13-14H2,(H,26,28). The maximum absolute atomic E-state index is 12.4. The highest BCUT2D eigenvalue weighted by Gasteiger charge is 2.07. The van der Waals surface area contributed by atoms with Gasteiger partial charge in [-0.25, -0.2) is 0 Å². The lowest BCUT2D eigenvalue weighted by atomic mass is 10.1. The van der Waals surface area contributed by atoms with Crippen LogP contribution in [0, 0.1) is 0 Å². The van der Waals surface area contributed by atoms with Gasteiger partial charge in [-0.15, -0.1) is 0 Å². The van der Waals surface area contributed by atoms with Crippen molar-refractivity contribution in [1.29, 1.82) is 0 Å². The van der Waals surface area contributed by atoms with Crippen LogP contribution in [-0.4, -0.2) is 10.9 Å². The fourth-order valence-corrected chi connectivity index (χ4v) is 3.43. The third-order valence-electron chi connectivity index (χ3n) is 4.51. The highest BCUT2D eigenvalue weighted by molar-refractivity contribution is 9.10. The van der Waals surface area contributed by atoms with Crippen LogP contribution in [0.3, 0.4) is 0 Å². The van der Waals surface area contributed by atoms with E-state index in [0.29, 0.717) is 23.7 Å². The normalized spacial score (nSPS) is 10.8. The Morgan fingerprint density at radius 3 is 2.52 bits per heavy atom. The van der Waals surface area contributed by atoms with E-state index in [1.54, 1.807) is 12.1 Å². The summed E-state index contributed by atoms with van der Waals surface area (Å²) in [6.45, 7) is 0.862. The monoisotopic (exact) mass is 468 g/mol. The van der Waals surface area contributed by atoms with Gasteiger partial charge in [0.15, 0.2) is 0 Å². The van der Waals surface area contributed by atoms with Gasteiger partial charge in [0.2, 0.25) is 0 Å². The zero-order chi connectivity index (χ0) is 20.2. The summed E-state index contributed by atoms with van der Waals surface area (Å²) in [7, 11) is 0. The second-order valence-electron chi connectivity index (χ2n) is 6.65. The van der Waals surface area contributed by atoms with Gasteiger partial charge in [-0.05, 0) is 66.2 Å². The van der Waals surface area contributed by atoms with E-state index in [2.05, 4.69) is 26.2 Å². The van der Waals surface area contributed by atoms with Gasteiger partial charge in [0.25, 0.3) is 5.91 Å². The zero-order valence-corrected chi connectivity index (χ0v) is 17.8. The molecule has 1 aromatic heterocycles. The van der Waals surface area contributed by atoms with Gasteiger partial charge in [0.1, 0.15) is 12.4 Å². The van der Waals surface area contributed by atoms with E-state index in [1.165, 1.54) is 0 Å². The molecular weight excluding hydrogens is 452 g/mol. The molecule has 29 heavy (non-hydrogen) atoms. The van der Waals surface area contributed by atoms with Gasteiger partial charge < -0.3 is 15.0 Å². The molecule has 0 bridgehead atoms. The summed E-state index contributed by atoms with van der Waals surface area (Å²) in [5, 5.41) is 4.65. The molecule has 4 rings (SSSR count). The number of halogens is 2. The average molecular weight is 470 g/mol. The summed E-state index contributed by atoms with van der Waals surface area (Å²) >= 11 is 9.42. The van der Waals surface area contributed by atoms with Crippen molar-refractivity contribution in [3.05, 3.63) is 99.1 Å². The quantitative estimate of drug-likeness (QED) is 0.359. The average Bonchev–Trinajstić information content (AvgIpc) is 3.14. The third-order valence-corrected chi connectivity index (χ3v) is 5.28. The first-order chi connectivity index (χ1) is 14.1. The first-order valence-electron chi connectivity index (χ1n) is 9.09. The van der Waals surface area contributed by atoms with Crippen molar-refractivity contribution in [1.82, 2.24) is 10.3 Å². The SMILES string of the molecule is O=C(NCc1cc2cc(Cl)ccc2[nH]1)c1ccc(COc2ccc(Br)cc2)cc1. The number of hydrogen-bond donors (Lipinski definition) is 2. The van der Waals surface area contributed by atoms with Crippen molar-refractivity contribution in [2.24, 2.45) is 0 Å². The largest absolute Gasteiger partial charge is 0.489 e. The minimum Gasteiger partial charge on any atom is -0.489 e. The molecule has 6 heteroatoms. The molecule has 0 saturated heterocycles. The molecule has 3 aromatic carbocycles. The molecular formula is C23H18BrClN2O2. The summed E-state index contributed by atoms with van der Waals surface area (Å²) in [5.74, 6) is 0.678. The highest BCUT2D eigenvalue weighted by Crippen LogP contribution is 2.20. The lowest BCUT2D eigenvalue weighted by Gasteiger charge is -2.08. The number of amides is 1. The van der Waals surface area contributed by atoms with Crippen LogP contribution >= 0.6 is 27.5 Å². The van der Waals surface area contributed by atoms with E-state index in [-0.39, 0.29) is 5.91 Å². The summed E-state index contributed by atoms with van der Waals surface area (Å²) in [4.78, 5) is 15.7. The van der Waals surface area contributed by atoms with Gasteiger partial charge in [-0.3, -0.25) is 4.79 Å². The topological polar surface area (TPSA) is 54.1 Å². The van der Waals surface area contributed by atoms with Crippen molar-refractivity contribution in [3.63, 3.8) is 0 Å². The van der Waals surface area contributed by atoms with Crippen molar-refractivity contribution < 1.29 is 9.53 Å². The van der Waals surface area contributed by atoms with Crippen LogP contribution in [0.1, 0.15) is 21.6 Å². The van der Waals surface area contributed by atoms with Crippen LogP contribution in [0.5, 0.6) is 5.75 Å². The lowest BCUT2D eigenvalue weighted by molar-refractivity contribution is 0.0950. The molecule has 0 atom stereocenters. The number of fused-ring (bicyclic) bond motifs is 1. The Balaban J connectivity index is 1.33. The molecule has 4 nitrogen and oxygen atoms in total. The van der Waals surface area contributed by atoms with Crippen molar-refractivity contribution in [3.8, 4) is 5.75 Å². The van der Waals surface area contributed by atoms with Crippen LogP contribution in [0.2, 0.25) is 5.02 Å². The number of benzene rings is 3. The number of carbonyl (C=O) groups excluding carboxylic acids is 1. The Morgan fingerprint density at radius 2 is 1.76 bits per heavy atom. The number of ether oxygens (including phenoxy) is 1. The first-order valence-corrected chi connectivity index (χ1v) is 10.3. The first kappa shape index (κ1) is 19.6. The molecule has 0 aliphatic heterocycles. The fourth-order valence-electron chi connectivity index (χ4n) is 2.99. The number of carbonyl (C=O) groups is 1. The van der Waals surface area contributed by atoms with Crippen molar-refractivity contribution >= 4 is 44.3 Å². The molecule has 1 heterocycles. The predicted molar refractivity (Wildman–Crippen MR) is 119 cm³/mol. The smallest absolute Gasteiger partial charge is 0.251 e. The molecule has 4 aromatic rings. The Hall–Kier alpha value is -2.76. The van der Waals surface area contributed by atoms with E-state index in [0.717, 1.165) is 32.4 Å². The molecule has 0 radical (unpaired) electrons.